The number of rotatable bonds is 8. The molecule has 0 radical (unpaired) electrons. The second-order valence-electron chi connectivity index (χ2n) is 6.31. The molecule has 0 spiro atoms. The van der Waals surface area contributed by atoms with Crippen LogP contribution in [0.25, 0.3) is 0 Å². The van der Waals surface area contributed by atoms with Crippen LogP contribution in [0, 0.1) is 5.92 Å². The third kappa shape index (κ3) is 8.02. The lowest BCUT2D eigenvalue weighted by atomic mass is 9.98. The standard InChI is InChI=1S/C15H29F3N2O/c1-4-13-10-20(14(9-19-13)8-12(2)3)6-5-7-21-11-15(16,17)18/h12-14,19H,4-11H2,1-3H3. The molecule has 1 fully saturated rings. The maximum Gasteiger partial charge on any atom is 0.411 e. The molecule has 21 heavy (non-hydrogen) atoms. The van der Waals surface area contributed by atoms with Gasteiger partial charge in [-0.3, -0.25) is 4.90 Å². The van der Waals surface area contributed by atoms with Crippen molar-refractivity contribution >= 4 is 0 Å². The molecule has 0 aliphatic carbocycles. The van der Waals surface area contributed by atoms with Gasteiger partial charge < -0.3 is 10.1 Å². The minimum Gasteiger partial charge on any atom is -0.372 e. The molecule has 1 aliphatic heterocycles. The number of nitrogens with one attached hydrogen (secondary N) is 1. The minimum atomic E-state index is -4.22. The number of ether oxygens (including phenoxy) is 1. The zero-order chi connectivity index (χ0) is 15.9. The first-order valence-corrected chi connectivity index (χ1v) is 7.93. The summed E-state index contributed by atoms with van der Waals surface area (Å²) in [5.74, 6) is 0.624. The zero-order valence-corrected chi connectivity index (χ0v) is 13.4. The van der Waals surface area contributed by atoms with Crippen LogP contribution in [0.4, 0.5) is 13.2 Å². The smallest absolute Gasteiger partial charge is 0.372 e. The maximum absolute atomic E-state index is 12.0. The Hall–Kier alpha value is -0.330. The summed E-state index contributed by atoms with van der Waals surface area (Å²) in [6.07, 6.45) is -1.37. The average molecular weight is 310 g/mol. The van der Waals surface area contributed by atoms with Crippen LogP contribution < -0.4 is 5.32 Å². The molecule has 3 nitrogen and oxygen atoms in total. The van der Waals surface area contributed by atoms with Crippen molar-refractivity contribution in [3.05, 3.63) is 0 Å². The number of alkyl halides is 3. The molecule has 2 unspecified atom stereocenters. The van der Waals surface area contributed by atoms with Crippen molar-refractivity contribution in [2.45, 2.75) is 58.3 Å². The Morgan fingerprint density at radius 3 is 2.62 bits per heavy atom. The lowest BCUT2D eigenvalue weighted by molar-refractivity contribution is -0.174. The quantitative estimate of drug-likeness (QED) is 0.697. The van der Waals surface area contributed by atoms with Crippen LogP contribution in [0.1, 0.15) is 40.0 Å². The molecule has 1 rings (SSSR count). The van der Waals surface area contributed by atoms with Crippen LogP contribution in [0.2, 0.25) is 0 Å². The van der Waals surface area contributed by atoms with Crippen molar-refractivity contribution in [3.8, 4) is 0 Å². The predicted molar refractivity (Wildman–Crippen MR) is 78.4 cm³/mol. The Balaban J connectivity index is 2.32. The normalized spacial score (nSPS) is 24.7. The summed E-state index contributed by atoms with van der Waals surface area (Å²) in [4.78, 5) is 2.42. The van der Waals surface area contributed by atoms with Crippen molar-refractivity contribution < 1.29 is 17.9 Å². The summed E-state index contributed by atoms with van der Waals surface area (Å²) >= 11 is 0. The van der Waals surface area contributed by atoms with Crippen LogP contribution >= 0.6 is 0 Å². The highest BCUT2D eigenvalue weighted by Crippen LogP contribution is 2.17. The Kier molecular flexibility index (Phi) is 7.98. The van der Waals surface area contributed by atoms with Gasteiger partial charge in [-0.25, -0.2) is 0 Å². The lowest BCUT2D eigenvalue weighted by Crippen LogP contribution is -2.56. The van der Waals surface area contributed by atoms with Gasteiger partial charge in [0.25, 0.3) is 0 Å². The van der Waals surface area contributed by atoms with Crippen molar-refractivity contribution in [2.75, 3.05) is 32.8 Å². The van der Waals surface area contributed by atoms with E-state index >= 15 is 0 Å². The fourth-order valence-corrected chi connectivity index (χ4v) is 2.81. The lowest BCUT2D eigenvalue weighted by Gasteiger charge is -2.41. The fourth-order valence-electron chi connectivity index (χ4n) is 2.81. The molecular formula is C15H29F3N2O. The summed E-state index contributed by atoms with van der Waals surface area (Å²) in [5, 5.41) is 3.55. The van der Waals surface area contributed by atoms with E-state index in [0.29, 0.717) is 24.4 Å². The van der Waals surface area contributed by atoms with Gasteiger partial charge in [0.05, 0.1) is 0 Å². The van der Waals surface area contributed by atoms with Gasteiger partial charge in [0, 0.05) is 38.3 Å². The van der Waals surface area contributed by atoms with E-state index in [1.54, 1.807) is 0 Å². The maximum atomic E-state index is 12.0. The molecule has 0 amide bonds. The highest BCUT2D eigenvalue weighted by Gasteiger charge is 2.28. The zero-order valence-electron chi connectivity index (χ0n) is 13.4. The summed E-state index contributed by atoms with van der Waals surface area (Å²) in [6, 6.07) is 0.972. The molecular weight excluding hydrogens is 281 g/mol. The summed E-state index contributed by atoms with van der Waals surface area (Å²) in [6.45, 7) is 8.37. The number of halogens is 3. The Morgan fingerprint density at radius 1 is 1.33 bits per heavy atom. The topological polar surface area (TPSA) is 24.5 Å². The Labute approximate surface area is 126 Å². The molecule has 1 aliphatic rings. The van der Waals surface area contributed by atoms with Crippen molar-refractivity contribution in [1.29, 1.82) is 0 Å². The summed E-state index contributed by atoms with van der Waals surface area (Å²) < 4.78 is 40.7. The molecule has 1 heterocycles. The molecule has 1 N–H and O–H groups in total. The molecule has 126 valence electrons. The van der Waals surface area contributed by atoms with Crippen LogP contribution in [-0.4, -0.2) is 56.0 Å². The molecule has 2 atom stereocenters. The van der Waals surface area contributed by atoms with E-state index in [-0.39, 0.29) is 6.61 Å². The fraction of sp³-hybridized carbons (Fsp3) is 1.00. The first-order chi connectivity index (χ1) is 9.81. The van der Waals surface area contributed by atoms with Crippen molar-refractivity contribution in [1.82, 2.24) is 10.2 Å². The van der Waals surface area contributed by atoms with Gasteiger partial charge in [0.15, 0.2) is 0 Å². The van der Waals surface area contributed by atoms with E-state index in [1.807, 2.05) is 0 Å². The van der Waals surface area contributed by atoms with E-state index < -0.39 is 12.8 Å². The van der Waals surface area contributed by atoms with Crippen molar-refractivity contribution in [3.63, 3.8) is 0 Å². The Bertz CT molecular complexity index is 285. The predicted octanol–water partition coefficient (Wildman–Crippen LogP) is 3.05. The van der Waals surface area contributed by atoms with E-state index in [9.17, 15) is 13.2 Å². The van der Waals surface area contributed by atoms with Crippen LogP contribution in [0.3, 0.4) is 0 Å². The Morgan fingerprint density at radius 2 is 2.05 bits per heavy atom. The largest absolute Gasteiger partial charge is 0.411 e. The summed E-state index contributed by atoms with van der Waals surface area (Å²) in [5.41, 5.74) is 0. The summed E-state index contributed by atoms with van der Waals surface area (Å²) in [7, 11) is 0. The van der Waals surface area contributed by atoms with Gasteiger partial charge in [-0.1, -0.05) is 20.8 Å². The number of hydrogen-bond acceptors (Lipinski definition) is 3. The SMILES string of the molecule is CCC1CN(CCCOCC(F)(F)F)C(CC(C)C)CN1. The van der Waals surface area contributed by atoms with E-state index in [4.69, 9.17) is 4.74 Å². The number of piperazine rings is 1. The molecule has 0 saturated carbocycles. The van der Waals surface area contributed by atoms with E-state index in [0.717, 1.165) is 32.5 Å². The third-order valence-corrected chi connectivity index (χ3v) is 3.85. The van der Waals surface area contributed by atoms with Crippen LogP contribution in [-0.2, 0) is 4.74 Å². The van der Waals surface area contributed by atoms with Crippen LogP contribution in [0.5, 0.6) is 0 Å². The van der Waals surface area contributed by atoms with Gasteiger partial charge >= 0.3 is 6.18 Å². The van der Waals surface area contributed by atoms with Gasteiger partial charge in [0.1, 0.15) is 6.61 Å². The molecule has 0 aromatic carbocycles. The number of hydrogen-bond donors (Lipinski definition) is 1. The molecule has 0 aromatic heterocycles. The monoisotopic (exact) mass is 310 g/mol. The van der Waals surface area contributed by atoms with Crippen LogP contribution in [0.15, 0.2) is 0 Å². The van der Waals surface area contributed by atoms with E-state index in [2.05, 4.69) is 31.0 Å². The number of nitrogens with zero attached hydrogens (tertiary/aromatic N) is 1. The first kappa shape index (κ1) is 18.7. The van der Waals surface area contributed by atoms with Crippen molar-refractivity contribution in [2.24, 2.45) is 5.92 Å². The van der Waals surface area contributed by atoms with Gasteiger partial charge in [-0.15, -0.1) is 0 Å². The molecule has 0 aromatic rings. The molecule has 1 saturated heterocycles. The highest BCUT2D eigenvalue weighted by atomic mass is 19.4. The average Bonchev–Trinajstić information content (AvgIpc) is 2.38. The first-order valence-electron chi connectivity index (χ1n) is 7.93. The molecule has 0 bridgehead atoms. The highest BCUT2D eigenvalue weighted by molar-refractivity contribution is 4.86. The van der Waals surface area contributed by atoms with Gasteiger partial charge in [-0.2, -0.15) is 13.2 Å². The van der Waals surface area contributed by atoms with Gasteiger partial charge in [0.2, 0.25) is 0 Å². The van der Waals surface area contributed by atoms with Gasteiger partial charge in [-0.05, 0) is 25.2 Å². The second-order valence-corrected chi connectivity index (χ2v) is 6.31. The molecule has 6 heteroatoms. The van der Waals surface area contributed by atoms with E-state index in [1.165, 1.54) is 0 Å². The second kappa shape index (κ2) is 8.96. The minimum absolute atomic E-state index is 0.175. The third-order valence-electron chi connectivity index (χ3n) is 3.85.